The number of nitrogens with zero attached hydrogens (tertiary/aromatic N) is 2. The molecule has 5 heteroatoms. The summed E-state index contributed by atoms with van der Waals surface area (Å²) in [4.78, 5) is 20.6. The van der Waals surface area contributed by atoms with Gasteiger partial charge in [0, 0.05) is 42.3 Å². The lowest BCUT2D eigenvalue weighted by Crippen LogP contribution is -2.22. The number of carbonyl (C=O) groups is 1. The Kier molecular flexibility index (Phi) is 4.81. The summed E-state index contributed by atoms with van der Waals surface area (Å²) in [6.07, 6.45) is 5.17. The van der Waals surface area contributed by atoms with Crippen molar-refractivity contribution in [2.75, 3.05) is 7.11 Å². The molecule has 3 rings (SSSR count). The van der Waals surface area contributed by atoms with Crippen molar-refractivity contribution < 1.29 is 9.53 Å². The minimum absolute atomic E-state index is 0.123. The van der Waals surface area contributed by atoms with E-state index < -0.39 is 0 Å². The van der Waals surface area contributed by atoms with Crippen molar-refractivity contribution in [3.05, 3.63) is 78.2 Å². The molecule has 0 fully saturated rings. The average molecular weight is 319 g/mol. The van der Waals surface area contributed by atoms with Crippen molar-refractivity contribution in [2.24, 2.45) is 0 Å². The molecule has 0 spiro atoms. The van der Waals surface area contributed by atoms with Crippen LogP contribution in [-0.2, 0) is 6.54 Å². The van der Waals surface area contributed by atoms with Crippen LogP contribution in [0.25, 0.3) is 11.1 Å². The first-order valence-corrected chi connectivity index (χ1v) is 7.54. The van der Waals surface area contributed by atoms with Crippen LogP contribution in [-0.4, -0.2) is 23.0 Å². The maximum Gasteiger partial charge on any atom is 0.251 e. The van der Waals surface area contributed by atoms with Crippen molar-refractivity contribution in [3.8, 4) is 17.0 Å². The van der Waals surface area contributed by atoms with Crippen LogP contribution in [0, 0.1) is 0 Å². The Bertz CT molecular complexity index is 818. The highest BCUT2D eigenvalue weighted by molar-refractivity contribution is 5.95. The number of pyridine rings is 2. The first kappa shape index (κ1) is 15.7. The quantitative estimate of drug-likeness (QED) is 0.785. The Morgan fingerprint density at radius 1 is 1.08 bits per heavy atom. The highest BCUT2D eigenvalue weighted by Gasteiger charge is 2.07. The third-order valence-electron chi connectivity index (χ3n) is 3.58. The highest BCUT2D eigenvalue weighted by Crippen LogP contribution is 2.21. The number of nitrogens with one attached hydrogen (secondary N) is 1. The van der Waals surface area contributed by atoms with Gasteiger partial charge in [-0.15, -0.1) is 0 Å². The normalized spacial score (nSPS) is 10.2. The number of amides is 1. The van der Waals surface area contributed by atoms with E-state index in [1.54, 1.807) is 37.8 Å². The van der Waals surface area contributed by atoms with Gasteiger partial charge in [0.15, 0.2) is 0 Å². The number of hydrogen-bond acceptors (Lipinski definition) is 4. The summed E-state index contributed by atoms with van der Waals surface area (Å²) in [5.41, 5.74) is 3.42. The zero-order valence-electron chi connectivity index (χ0n) is 13.3. The Balaban J connectivity index is 1.73. The lowest BCUT2D eigenvalue weighted by Gasteiger charge is -2.07. The van der Waals surface area contributed by atoms with Crippen LogP contribution < -0.4 is 10.1 Å². The van der Waals surface area contributed by atoms with Gasteiger partial charge in [-0.2, -0.15) is 0 Å². The second kappa shape index (κ2) is 7.37. The van der Waals surface area contributed by atoms with E-state index in [0.29, 0.717) is 18.0 Å². The molecule has 0 saturated heterocycles. The second-order valence-electron chi connectivity index (χ2n) is 5.21. The van der Waals surface area contributed by atoms with E-state index in [0.717, 1.165) is 16.7 Å². The standard InChI is InChI=1S/C19H17N3O2/c1-24-18-8-7-17(13-21-18)15-5-2-6-16(10-15)19(23)22-12-14-4-3-9-20-11-14/h2-11,13H,12H2,1H3,(H,22,23). The predicted octanol–water partition coefficient (Wildman–Crippen LogP) is 3.08. The van der Waals surface area contributed by atoms with E-state index in [1.807, 2.05) is 36.4 Å². The van der Waals surface area contributed by atoms with Crippen molar-refractivity contribution >= 4 is 5.91 Å². The van der Waals surface area contributed by atoms with Gasteiger partial charge in [0.05, 0.1) is 7.11 Å². The van der Waals surface area contributed by atoms with Crippen LogP contribution >= 0.6 is 0 Å². The number of rotatable bonds is 5. The molecule has 1 N–H and O–H groups in total. The SMILES string of the molecule is COc1ccc(-c2cccc(C(=O)NCc3cccnc3)c2)cn1. The van der Waals surface area contributed by atoms with Crippen molar-refractivity contribution in [2.45, 2.75) is 6.54 Å². The molecular formula is C19H17N3O2. The van der Waals surface area contributed by atoms with E-state index in [2.05, 4.69) is 15.3 Å². The summed E-state index contributed by atoms with van der Waals surface area (Å²) in [6.45, 7) is 0.445. The largest absolute Gasteiger partial charge is 0.481 e. The number of carbonyl (C=O) groups excluding carboxylic acids is 1. The molecule has 1 aromatic carbocycles. The summed E-state index contributed by atoms with van der Waals surface area (Å²) in [7, 11) is 1.58. The van der Waals surface area contributed by atoms with Gasteiger partial charge in [0.25, 0.3) is 5.91 Å². The summed E-state index contributed by atoms with van der Waals surface area (Å²) in [5, 5.41) is 2.90. The molecule has 0 radical (unpaired) electrons. The first-order valence-electron chi connectivity index (χ1n) is 7.54. The lowest BCUT2D eigenvalue weighted by atomic mass is 10.0. The molecule has 0 aliphatic rings. The number of methoxy groups -OCH3 is 1. The highest BCUT2D eigenvalue weighted by atomic mass is 16.5. The maximum atomic E-state index is 12.3. The molecule has 0 unspecified atom stereocenters. The van der Waals surface area contributed by atoms with Gasteiger partial charge < -0.3 is 10.1 Å². The molecule has 2 aromatic heterocycles. The lowest BCUT2D eigenvalue weighted by molar-refractivity contribution is 0.0951. The average Bonchev–Trinajstić information content (AvgIpc) is 2.67. The molecule has 2 heterocycles. The summed E-state index contributed by atoms with van der Waals surface area (Å²) >= 11 is 0. The summed E-state index contributed by atoms with van der Waals surface area (Å²) in [6, 6.07) is 14.9. The van der Waals surface area contributed by atoms with E-state index in [-0.39, 0.29) is 5.91 Å². The zero-order chi connectivity index (χ0) is 16.8. The monoisotopic (exact) mass is 319 g/mol. The van der Waals surface area contributed by atoms with Gasteiger partial charge in [-0.3, -0.25) is 9.78 Å². The van der Waals surface area contributed by atoms with Crippen LogP contribution in [0.4, 0.5) is 0 Å². The van der Waals surface area contributed by atoms with Gasteiger partial charge in [-0.25, -0.2) is 4.98 Å². The number of benzene rings is 1. The van der Waals surface area contributed by atoms with Gasteiger partial charge in [-0.1, -0.05) is 18.2 Å². The molecule has 3 aromatic rings. The van der Waals surface area contributed by atoms with E-state index >= 15 is 0 Å². The van der Waals surface area contributed by atoms with Gasteiger partial charge in [-0.05, 0) is 35.4 Å². The van der Waals surface area contributed by atoms with Gasteiger partial charge in [0.1, 0.15) is 0 Å². The molecule has 24 heavy (non-hydrogen) atoms. The van der Waals surface area contributed by atoms with E-state index in [9.17, 15) is 4.79 Å². The smallest absolute Gasteiger partial charge is 0.251 e. The molecule has 0 saturated carbocycles. The van der Waals surface area contributed by atoms with Gasteiger partial charge in [0.2, 0.25) is 5.88 Å². The molecule has 0 aliphatic heterocycles. The molecular weight excluding hydrogens is 302 g/mol. The Morgan fingerprint density at radius 2 is 2.00 bits per heavy atom. The van der Waals surface area contributed by atoms with Crippen molar-refractivity contribution in [1.82, 2.24) is 15.3 Å². The summed E-state index contributed by atoms with van der Waals surface area (Å²) < 4.78 is 5.06. The zero-order valence-corrected chi connectivity index (χ0v) is 13.3. The molecule has 120 valence electrons. The van der Waals surface area contributed by atoms with Crippen LogP contribution in [0.5, 0.6) is 5.88 Å². The molecule has 5 nitrogen and oxygen atoms in total. The minimum atomic E-state index is -0.123. The second-order valence-corrected chi connectivity index (χ2v) is 5.21. The van der Waals surface area contributed by atoms with E-state index in [4.69, 9.17) is 4.74 Å². The van der Waals surface area contributed by atoms with Crippen LogP contribution in [0.1, 0.15) is 15.9 Å². The topological polar surface area (TPSA) is 64.1 Å². The van der Waals surface area contributed by atoms with Crippen LogP contribution in [0.15, 0.2) is 67.1 Å². The predicted molar refractivity (Wildman–Crippen MR) is 91.6 cm³/mol. The fourth-order valence-electron chi connectivity index (χ4n) is 2.30. The third kappa shape index (κ3) is 3.76. The van der Waals surface area contributed by atoms with Crippen LogP contribution in [0.3, 0.4) is 0 Å². The fraction of sp³-hybridized carbons (Fsp3) is 0.105. The fourth-order valence-corrected chi connectivity index (χ4v) is 2.30. The number of aromatic nitrogens is 2. The molecule has 0 atom stereocenters. The molecule has 0 bridgehead atoms. The number of ether oxygens (including phenoxy) is 1. The summed E-state index contributed by atoms with van der Waals surface area (Å²) in [5.74, 6) is 0.436. The maximum absolute atomic E-state index is 12.3. The minimum Gasteiger partial charge on any atom is -0.481 e. The Hall–Kier alpha value is -3.21. The van der Waals surface area contributed by atoms with E-state index in [1.165, 1.54) is 0 Å². The van der Waals surface area contributed by atoms with Crippen LogP contribution in [0.2, 0.25) is 0 Å². The van der Waals surface area contributed by atoms with Crippen molar-refractivity contribution in [3.63, 3.8) is 0 Å². The number of hydrogen-bond donors (Lipinski definition) is 1. The van der Waals surface area contributed by atoms with Crippen molar-refractivity contribution in [1.29, 1.82) is 0 Å². The molecule has 1 amide bonds. The Labute approximate surface area is 140 Å². The first-order chi connectivity index (χ1) is 11.8. The molecule has 0 aliphatic carbocycles. The Morgan fingerprint density at radius 3 is 2.71 bits per heavy atom. The van der Waals surface area contributed by atoms with Gasteiger partial charge >= 0.3 is 0 Å². The third-order valence-corrected chi connectivity index (χ3v) is 3.58.